The molecule has 0 radical (unpaired) electrons. The molecule has 3 heterocycles. The zero-order valence-electron chi connectivity index (χ0n) is 17.8. The van der Waals surface area contributed by atoms with Crippen molar-refractivity contribution >= 4 is 27.3 Å². The van der Waals surface area contributed by atoms with Crippen LogP contribution in [0.5, 0.6) is 0 Å². The fraction of sp³-hybridized carbons (Fsp3) is 0.333. The highest BCUT2D eigenvalue weighted by Crippen LogP contribution is 2.42. The molecule has 2 aromatic heterocycles. The molecule has 168 valence electrons. The first-order valence-corrected chi connectivity index (χ1v) is 12.0. The van der Waals surface area contributed by atoms with E-state index in [2.05, 4.69) is 20.5 Å². The Morgan fingerprint density at radius 3 is 2.79 bits per heavy atom. The van der Waals surface area contributed by atoms with Crippen molar-refractivity contribution < 1.29 is 9.18 Å². The zero-order chi connectivity index (χ0) is 22.6. The maximum absolute atomic E-state index is 15.3. The molecule has 1 saturated carbocycles. The molecule has 0 unspecified atom stereocenters. The number of nitrogens with zero attached hydrogens (tertiary/aromatic N) is 3. The number of carbonyl (C=O) groups excluding carboxylic acids is 1. The van der Waals surface area contributed by atoms with E-state index >= 15 is 4.39 Å². The van der Waals surface area contributed by atoms with Crippen molar-refractivity contribution in [3.8, 4) is 16.8 Å². The lowest BCUT2D eigenvalue weighted by molar-refractivity contribution is -0.129. The van der Waals surface area contributed by atoms with Crippen LogP contribution in [0, 0.1) is 17.2 Å². The van der Waals surface area contributed by atoms with Crippen molar-refractivity contribution in [3.63, 3.8) is 0 Å². The molecule has 0 bridgehead atoms. The topological polar surface area (TPSA) is 92.7 Å². The van der Waals surface area contributed by atoms with Crippen LogP contribution in [0.15, 0.2) is 46.7 Å². The van der Waals surface area contributed by atoms with Crippen molar-refractivity contribution in [2.45, 2.75) is 25.7 Å². The molecule has 33 heavy (non-hydrogen) atoms. The van der Waals surface area contributed by atoms with Crippen LogP contribution in [0.3, 0.4) is 0 Å². The Morgan fingerprint density at radius 1 is 1.21 bits per heavy atom. The Kier molecular flexibility index (Phi) is 4.77. The molecule has 9 heteroatoms. The van der Waals surface area contributed by atoms with Crippen LogP contribution in [-0.2, 0) is 11.2 Å². The van der Waals surface area contributed by atoms with E-state index < -0.39 is 16.9 Å². The summed E-state index contributed by atoms with van der Waals surface area (Å²) in [4.78, 5) is 30.0. The van der Waals surface area contributed by atoms with Gasteiger partial charge in [0, 0.05) is 24.3 Å². The van der Waals surface area contributed by atoms with Crippen LogP contribution in [0.2, 0.25) is 0 Å². The number of aromatic amines is 1. The maximum Gasteiger partial charge on any atom is 0.348 e. The van der Waals surface area contributed by atoms with Gasteiger partial charge in [0.2, 0.25) is 0 Å². The third kappa shape index (κ3) is 3.52. The molecule has 1 aliphatic carbocycles. The first-order valence-electron chi connectivity index (χ1n) is 11.1. The van der Waals surface area contributed by atoms with Gasteiger partial charge in [-0.05, 0) is 61.2 Å². The summed E-state index contributed by atoms with van der Waals surface area (Å²) in [6.07, 6.45) is 2.85. The van der Waals surface area contributed by atoms with E-state index in [4.69, 9.17) is 0 Å². The van der Waals surface area contributed by atoms with Crippen LogP contribution in [0.25, 0.3) is 27.0 Å². The van der Waals surface area contributed by atoms with Gasteiger partial charge in [-0.25, -0.2) is 23.8 Å². The van der Waals surface area contributed by atoms with Gasteiger partial charge in [0.15, 0.2) is 0 Å². The highest BCUT2D eigenvalue weighted by molar-refractivity contribution is 7.16. The number of Topliss-reactive ketones (excluding diaryl/α,β-unsaturated/α-hetero) is 1. The predicted molar refractivity (Wildman–Crippen MR) is 124 cm³/mol. The standard InChI is InChI=1S/C24H22FN5O2S/c25-17-9-15(16-4-6-20-18(10-16)27-13-33-20)3-5-19(17)30-21(28-29-23(30)32)11-24(7-8-26-12-24)22(31)14-1-2-14/h3-6,9-10,13-14,26H,1-2,7-8,11-12H2,(H,29,32)/t24-/m0/s1. The highest BCUT2D eigenvalue weighted by Gasteiger charge is 2.48. The number of H-pyrrole nitrogens is 1. The Bertz CT molecular complexity index is 1430. The van der Waals surface area contributed by atoms with E-state index in [-0.39, 0.29) is 17.4 Å². The predicted octanol–water partition coefficient (Wildman–Crippen LogP) is 3.48. The number of ketones is 1. The second-order valence-corrected chi connectivity index (χ2v) is 9.89. The lowest BCUT2D eigenvalue weighted by Crippen LogP contribution is -2.38. The zero-order valence-corrected chi connectivity index (χ0v) is 18.6. The first-order chi connectivity index (χ1) is 16.0. The van der Waals surface area contributed by atoms with E-state index in [9.17, 15) is 9.59 Å². The van der Waals surface area contributed by atoms with Gasteiger partial charge in [0.05, 0.1) is 21.4 Å². The van der Waals surface area contributed by atoms with Crippen LogP contribution >= 0.6 is 11.3 Å². The lowest BCUT2D eigenvalue weighted by Gasteiger charge is -2.26. The number of hydrogen-bond donors (Lipinski definition) is 2. The minimum atomic E-state index is -0.593. The Labute approximate surface area is 192 Å². The number of hydrogen-bond acceptors (Lipinski definition) is 6. The molecule has 2 aliphatic rings. The minimum Gasteiger partial charge on any atom is -0.316 e. The molecule has 1 saturated heterocycles. The van der Waals surface area contributed by atoms with Crippen LogP contribution in [0.4, 0.5) is 4.39 Å². The summed E-state index contributed by atoms with van der Waals surface area (Å²) >= 11 is 1.56. The van der Waals surface area contributed by atoms with Gasteiger partial charge in [-0.2, -0.15) is 5.10 Å². The summed E-state index contributed by atoms with van der Waals surface area (Å²) in [5.74, 6) is 0.203. The molecule has 0 amide bonds. The normalized spacial score (nSPS) is 20.5. The number of thiazole rings is 1. The SMILES string of the molecule is O=C(C1CC1)[C@]1(Cc2n[nH]c(=O)n2-c2ccc(-c3ccc4scnc4c3)cc2F)CCNC1. The van der Waals surface area contributed by atoms with E-state index in [0.29, 0.717) is 30.8 Å². The molecule has 4 aromatic rings. The number of benzene rings is 2. The fourth-order valence-corrected chi connectivity index (χ4v) is 5.53. The Balaban J connectivity index is 1.36. The van der Waals surface area contributed by atoms with Crippen LogP contribution in [0.1, 0.15) is 25.1 Å². The van der Waals surface area contributed by atoms with Gasteiger partial charge in [-0.15, -0.1) is 11.3 Å². The number of aromatic nitrogens is 4. The molecule has 6 rings (SSSR count). The minimum absolute atomic E-state index is 0.107. The van der Waals surface area contributed by atoms with Gasteiger partial charge >= 0.3 is 5.69 Å². The average Bonchev–Trinajstić information content (AvgIpc) is 3.20. The van der Waals surface area contributed by atoms with Gasteiger partial charge in [0.25, 0.3) is 0 Å². The monoisotopic (exact) mass is 463 g/mol. The van der Waals surface area contributed by atoms with Gasteiger partial charge in [-0.3, -0.25) is 4.79 Å². The van der Waals surface area contributed by atoms with E-state index in [1.165, 1.54) is 10.6 Å². The fourth-order valence-electron chi connectivity index (χ4n) is 4.88. The van der Waals surface area contributed by atoms with Gasteiger partial charge in [0.1, 0.15) is 17.4 Å². The number of halogens is 1. The van der Waals surface area contributed by atoms with Crippen molar-refractivity contribution in [2.75, 3.05) is 13.1 Å². The van der Waals surface area contributed by atoms with Crippen molar-refractivity contribution in [3.05, 3.63) is 64.0 Å². The van der Waals surface area contributed by atoms with E-state index in [0.717, 1.165) is 35.2 Å². The second kappa shape index (κ2) is 7.71. The number of carbonyl (C=O) groups is 1. The first kappa shape index (κ1) is 20.4. The molecular weight excluding hydrogens is 441 g/mol. The maximum atomic E-state index is 15.3. The van der Waals surface area contributed by atoms with Crippen molar-refractivity contribution in [2.24, 2.45) is 11.3 Å². The lowest BCUT2D eigenvalue weighted by atomic mass is 9.77. The Morgan fingerprint density at radius 2 is 2.03 bits per heavy atom. The molecule has 0 spiro atoms. The molecule has 2 aromatic carbocycles. The number of nitrogens with one attached hydrogen (secondary N) is 2. The summed E-state index contributed by atoms with van der Waals surface area (Å²) in [6, 6.07) is 10.6. The van der Waals surface area contributed by atoms with Crippen molar-refractivity contribution in [1.29, 1.82) is 0 Å². The number of fused-ring (bicyclic) bond motifs is 1. The molecule has 1 atom stereocenters. The van der Waals surface area contributed by atoms with E-state index in [1.54, 1.807) is 29.0 Å². The molecule has 2 N–H and O–H groups in total. The highest BCUT2D eigenvalue weighted by atomic mass is 32.1. The molecule has 7 nitrogen and oxygen atoms in total. The molecule has 2 fully saturated rings. The third-order valence-corrected chi connectivity index (χ3v) is 7.62. The van der Waals surface area contributed by atoms with E-state index in [1.807, 2.05) is 18.2 Å². The average molecular weight is 464 g/mol. The quantitative estimate of drug-likeness (QED) is 0.457. The van der Waals surface area contributed by atoms with Gasteiger partial charge in [-0.1, -0.05) is 12.1 Å². The smallest absolute Gasteiger partial charge is 0.316 e. The van der Waals surface area contributed by atoms with Gasteiger partial charge < -0.3 is 5.32 Å². The summed E-state index contributed by atoms with van der Waals surface area (Å²) < 4.78 is 17.7. The second-order valence-electron chi connectivity index (χ2n) is 9.00. The molecule has 1 aliphatic heterocycles. The summed E-state index contributed by atoms with van der Waals surface area (Å²) in [6.45, 7) is 1.31. The summed E-state index contributed by atoms with van der Waals surface area (Å²) in [5.41, 5.74) is 3.22. The van der Waals surface area contributed by atoms with Crippen LogP contribution in [-0.4, -0.2) is 38.6 Å². The van der Waals surface area contributed by atoms with Crippen molar-refractivity contribution in [1.82, 2.24) is 25.1 Å². The molecular formula is C24H22FN5O2S. The third-order valence-electron chi connectivity index (χ3n) is 6.81. The summed E-state index contributed by atoms with van der Waals surface area (Å²) in [7, 11) is 0. The largest absolute Gasteiger partial charge is 0.348 e. The summed E-state index contributed by atoms with van der Waals surface area (Å²) in [5, 5.41) is 9.92. The number of rotatable bonds is 6. The Hall–Kier alpha value is -3.17. The van der Waals surface area contributed by atoms with Crippen LogP contribution < -0.4 is 11.0 Å².